The van der Waals surface area contributed by atoms with Crippen LogP contribution in [0.15, 0.2) is 48.5 Å². The smallest absolute Gasteiger partial charge is 0.266 e. The predicted octanol–water partition coefficient (Wildman–Crippen LogP) is 5.69. The van der Waals surface area contributed by atoms with Crippen molar-refractivity contribution in [2.24, 2.45) is 0 Å². The van der Waals surface area contributed by atoms with Gasteiger partial charge in [0.15, 0.2) is 5.82 Å². The minimum Gasteiger partial charge on any atom is -0.323 e. The lowest BCUT2D eigenvalue weighted by Gasteiger charge is -2.17. The number of fused-ring (bicyclic) bond motifs is 1. The van der Waals surface area contributed by atoms with Gasteiger partial charge >= 0.3 is 0 Å². The summed E-state index contributed by atoms with van der Waals surface area (Å²) in [6.45, 7) is 1.83. The highest BCUT2D eigenvalue weighted by Gasteiger charge is 2.37. The van der Waals surface area contributed by atoms with E-state index in [9.17, 15) is 9.59 Å². The summed E-state index contributed by atoms with van der Waals surface area (Å²) in [7, 11) is 0. The first kappa shape index (κ1) is 19.7. The molecule has 0 spiro atoms. The molecule has 0 unspecified atom stereocenters. The number of anilines is 3. The molecule has 0 atom stereocenters. The molecule has 0 fully saturated rings. The van der Waals surface area contributed by atoms with E-state index < -0.39 is 0 Å². The van der Waals surface area contributed by atoms with Crippen LogP contribution in [-0.4, -0.2) is 27.0 Å². The van der Waals surface area contributed by atoms with Crippen LogP contribution in [0, 0.1) is 6.92 Å². The summed E-state index contributed by atoms with van der Waals surface area (Å²) in [5.41, 5.74) is 2.62. The number of aromatic nitrogens is 3. The quantitative estimate of drug-likeness (QED) is 0.374. The predicted molar refractivity (Wildman–Crippen MR) is 122 cm³/mol. The van der Waals surface area contributed by atoms with Crippen LogP contribution in [0.4, 0.5) is 17.3 Å². The second kappa shape index (κ2) is 7.49. The van der Waals surface area contributed by atoms with Crippen LogP contribution in [0.2, 0.25) is 9.36 Å². The van der Waals surface area contributed by atoms with E-state index in [1.165, 1.54) is 22.3 Å². The minimum absolute atomic E-state index is 0.307. The van der Waals surface area contributed by atoms with Crippen molar-refractivity contribution >= 4 is 63.7 Å². The van der Waals surface area contributed by atoms with E-state index in [4.69, 9.17) is 23.2 Å². The molecule has 0 aliphatic carbocycles. The summed E-state index contributed by atoms with van der Waals surface area (Å²) < 4.78 is 0.669. The van der Waals surface area contributed by atoms with E-state index in [-0.39, 0.29) is 11.8 Å². The van der Waals surface area contributed by atoms with E-state index in [2.05, 4.69) is 20.5 Å². The number of carbonyl (C=O) groups excluding carboxylic acids is 2. The Kier molecular flexibility index (Phi) is 4.77. The Morgan fingerprint density at radius 2 is 1.81 bits per heavy atom. The van der Waals surface area contributed by atoms with Crippen molar-refractivity contribution in [1.29, 1.82) is 0 Å². The molecule has 7 nitrogen and oxygen atoms in total. The van der Waals surface area contributed by atoms with E-state index in [1.54, 1.807) is 30.3 Å². The number of thiophene rings is 1. The maximum absolute atomic E-state index is 12.8. The van der Waals surface area contributed by atoms with Crippen molar-refractivity contribution in [3.8, 4) is 10.7 Å². The molecule has 2 amide bonds. The molecule has 2 aromatic heterocycles. The topological polar surface area (TPSA) is 91.0 Å². The summed E-state index contributed by atoms with van der Waals surface area (Å²) in [5.74, 6) is 0.243. The number of halogens is 2. The molecule has 1 aliphatic heterocycles. The fraction of sp³-hybridized carbons (Fsp3) is 0.0476. The average molecular weight is 470 g/mol. The van der Waals surface area contributed by atoms with Gasteiger partial charge in [-0.1, -0.05) is 23.2 Å². The molecular formula is C21H13Cl2N5O2S. The van der Waals surface area contributed by atoms with Gasteiger partial charge in [0.05, 0.1) is 26.0 Å². The SMILES string of the molecule is Cc1cc(Nc2n[nH]c(-c3ccc(Cl)s3)n2)ccc1N1C(=O)c2ccc(Cl)cc2C1=O. The fourth-order valence-corrected chi connectivity index (χ4v) is 4.57. The van der Waals surface area contributed by atoms with E-state index in [1.807, 2.05) is 19.1 Å². The van der Waals surface area contributed by atoms with Crippen LogP contribution in [-0.2, 0) is 0 Å². The molecule has 2 aromatic carbocycles. The van der Waals surface area contributed by atoms with Gasteiger partial charge in [0.2, 0.25) is 5.95 Å². The Bertz CT molecular complexity index is 1360. The Hall–Kier alpha value is -3.20. The second-order valence-corrected chi connectivity index (χ2v) is 9.02. The van der Waals surface area contributed by atoms with Crippen LogP contribution >= 0.6 is 34.5 Å². The molecule has 31 heavy (non-hydrogen) atoms. The zero-order valence-electron chi connectivity index (χ0n) is 15.9. The summed E-state index contributed by atoms with van der Waals surface area (Å²) >= 11 is 13.4. The van der Waals surface area contributed by atoms with E-state index in [0.717, 1.165) is 16.1 Å². The molecular weight excluding hydrogens is 457 g/mol. The molecule has 1 aliphatic rings. The number of H-pyrrole nitrogens is 1. The van der Waals surface area contributed by atoms with Crippen molar-refractivity contribution in [1.82, 2.24) is 15.2 Å². The van der Waals surface area contributed by atoms with Gasteiger partial charge in [-0.05, 0) is 61.0 Å². The van der Waals surface area contributed by atoms with Crippen molar-refractivity contribution in [2.75, 3.05) is 10.2 Å². The number of imide groups is 1. The molecule has 154 valence electrons. The number of hydrogen-bond donors (Lipinski definition) is 2. The molecule has 0 saturated heterocycles. The molecule has 5 rings (SSSR count). The van der Waals surface area contributed by atoms with Gasteiger partial charge in [0, 0.05) is 10.7 Å². The molecule has 10 heteroatoms. The van der Waals surface area contributed by atoms with Gasteiger partial charge in [-0.15, -0.1) is 16.4 Å². The zero-order chi connectivity index (χ0) is 21.7. The highest BCUT2D eigenvalue weighted by atomic mass is 35.5. The van der Waals surface area contributed by atoms with Gasteiger partial charge in [0.1, 0.15) is 0 Å². The monoisotopic (exact) mass is 469 g/mol. The second-order valence-electron chi connectivity index (χ2n) is 6.87. The number of nitrogens with zero attached hydrogens (tertiary/aromatic N) is 3. The summed E-state index contributed by atoms with van der Waals surface area (Å²) in [6, 6.07) is 13.7. The number of rotatable bonds is 4. The first-order valence-electron chi connectivity index (χ1n) is 9.15. The zero-order valence-corrected chi connectivity index (χ0v) is 18.3. The summed E-state index contributed by atoms with van der Waals surface area (Å²) in [6.07, 6.45) is 0. The van der Waals surface area contributed by atoms with Crippen LogP contribution in [0.1, 0.15) is 26.3 Å². The van der Waals surface area contributed by atoms with Gasteiger partial charge in [0.25, 0.3) is 11.8 Å². The summed E-state index contributed by atoms with van der Waals surface area (Å²) in [5, 5.41) is 10.6. The van der Waals surface area contributed by atoms with Crippen molar-refractivity contribution in [3.05, 3.63) is 74.6 Å². The highest BCUT2D eigenvalue weighted by molar-refractivity contribution is 7.19. The van der Waals surface area contributed by atoms with E-state index in [0.29, 0.717) is 37.9 Å². The minimum atomic E-state index is -0.389. The highest BCUT2D eigenvalue weighted by Crippen LogP contribution is 2.34. The third-order valence-corrected chi connectivity index (χ3v) is 6.31. The Morgan fingerprint density at radius 1 is 1.00 bits per heavy atom. The van der Waals surface area contributed by atoms with E-state index >= 15 is 0 Å². The number of aromatic amines is 1. The maximum Gasteiger partial charge on any atom is 0.266 e. The first-order chi connectivity index (χ1) is 14.9. The van der Waals surface area contributed by atoms with Gasteiger partial charge in [-0.3, -0.25) is 14.7 Å². The normalized spacial score (nSPS) is 13.1. The molecule has 4 aromatic rings. The lowest BCUT2D eigenvalue weighted by molar-refractivity contribution is 0.0926. The first-order valence-corrected chi connectivity index (χ1v) is 10.7. The average Bonchev–Trinajstić information content (AvgIpc) is 3.43. The van der Waals surface area contributed by atoms with Crippen LogP contribution in [0.3, 0.4) is 0 Å². The number of benzene rings is 2. The van der Waals surface area contributed by atoms with Gasteiger partial charge < -0.3 is 5.32 Å². The number of carbonyl (C=O) groups is 2. The van der Waals surface area contributed by atoms with Gasteiger partial charge in [-0.2, -0.15) is 4.98 Å². The largest absolute Gasteiger partial charge is 0.323 e. The van der Waals surface area contributed by atoms with Gasteiger partial charge in [-0.25, -0.2) is 4.90 Å². The van der Waals surface area contributed by atoms with Crippen molar-refractivity contribution in [3.63, 3.8) is 0 Å². The Labute approximate surface area is 190 Å². The molecule has 0 bridgehead atoms. The van der Waals surface area contributed by atoms with Crippen molar-refractivity contribution in [2.45, 2.75) is 6.92 Å². The lowest BCUT2D eigenvalue weighted by Crippen LogP contribution is -2.30. The number of aryl methyl sites for hydroxylation is 1. The molecule has 0 radical (unpaired) electrons. The van der Waals surface area contributed by atoms with Crippen LogP contribution in [0.25, 0.3) is 10.7 Å². The third-order valence-electron chi connectivity index (χ3n) is 4.83. The molecule has 3 heterocycles. The number of hydrogen-bond acceptors (Lipinski definition) is 6. The summed E-state index contributed by atoms with van der Waals surface area (Å²) in [4.78, 5) is 32.1. The molecule has 2 N–H and O–H groups in total. The molecule has 0 saturated carbocycles. The maximum atomic E-state index is 12.8. The van der Waals surface area contributed by atoms with Crippen molar-refractivity contribution < 1.29 is 9.59 Å². The Balaban J connectivity index is 1.39. The van der Waals surface area contributed by atoms with Crippen LogP contribution < -0.4 is 10.2 Å². The number of amides is 2. The Morgan fingerprint density at radius 3 is 2.55 bits per heavy atom. The van der Waals surface area contributed by atoms with Crippen LogP contribution in [0.5, 0.6) is 0 Å². The third kappa shape index (κ3) is 3.48. The standard InChI is InChI=1S/C21H13Cl2N5O2S/c1-10-8-12(24-21-25-18(26-27-21)16-6-7-17(23)31-16)3-5-15(10)28-19(29)13-4-2-11(22)9-14(13)20(28)30/h2-9H,1H3,(H2,24,25,26,27). The lowest BCUT2D eigenvalue weighted by atomic mass is 10.1. The number of nitrogens with one attached hydrogen (secondary N) is 2. The fourth-order valence-electron chi connectivity index (χ4n) is 3.41.